The van der Waals surface area contributed by atoms with Gasteiger partial charge in [0.05, 0.1) is 11.7 Å². The van der Waals surface area contributed by atoms with Crippen LogP contribution in [0.4, 0.5) is 0 Å². The third-order valence-electron chi connectivity index (χ3n) is 4.93. The summed E-state index contributed by atoms with van der Waals surface area (Å²) in [5, 5.41) is 10.4. The number of benzene rings is 1. The molecule has 0 saturated carbocycles. The number of carbonyl (C=O) groups excluding carboxylic acids is 1. The summed E-state index contributed by atoms with van der Waals surface area (Å²) in [4.78, 5) is 17.3. The Morgan fingerprint density at radius 1 is 1.19 bits per heavy atom. The molecule has 1 amide bonds. The van der Waals surface area contributed by atoms with E-state index in [2.05, 4.69) is 51.7 Å². The van der Waals surface area contributed by atoms with E-state index in [1.54, 1.807) is 6.20 Å². The molecule has 1 aromatic carbocycles. The Kier molecular flexibility index (Phi) is 4.52. The van der Waals surface area contributed by atoms with Gasteiger partial charge in [0.2, 0.25) is 0 Å². The highest BCUT2D eigenvalue weighted by molar-refractivity contribution is 5.94. The van der Waals surface area contributed by atoms with Crippen LogP contribution < -0.4 is 5.32 Å². The normalized spacial score (nSPS) is 14.0. The summed E-state index contributed by atoms with van der Waals surface area (Å²) in [7, 11) is 0. The lowest BCUT2D eigenvalue weighted by molar-refractivity contribution is 0.0929. The number of aromatic amines is 1. The van der Waals surface area contributed by atoms with Gasteiger partial charge in [-0.2, -0.15) is 5.10 Å². The van der Waals surface area contributed by atoms with E-state index in [0.29, 0.717) is 12.1 Å². The number of nitrogens with zero attached hydrogens (tertiary/aromatic N) is 2. The van der Waals surface area contributed by atoms with Gasteiger partial charge in [-0.05, 0) is 50.3 Å². The molecular formula is C21H22N4O. The number of hydrogen-bond acceptors (Lipinski definition) is 3. The van der Waals surface area contributed by atoms with Crippen molar-refractivity contribution in [2.75, 3.05) is 0 Å². The summed E-state index contributed by atoms with van der Waals surface area (Å²) in [6.07, 6.45) is 5.42. The molecule has 4 rings (SSSR count). The molecule has 2 aromatic heterocycles. The number of amides is 1. The maximum atomic E-state index is 12.9. The first-order valence-electron chi connectivity index (χ1n) is 9.04. The van der Waals surface area contributed by atoms with E-state index in [9.17, 15) is 4.79 Å². The molecule has 1 aliphatic rings. The Balaban J connectivity index is 1.58. The predicted octanol–water partition coefficient (Wildman–Crippen LogP) is 3.32. The predicted molar refractivity (Wildman–Crippen MR) is 99.9 cm³/mol. The lowest BCUT2D eigenvalue weighted by atomic mass is 10.0. The number of pyridine rings is 1. The van der Waals surface area contributed by atoms with Crippen molar-refractivity contribution in [3.8, 4) is 0 Å². The molecule has 1 unspecified atom stereocenters. The zero-order valence-corrected chi connectivity index (χ0v) is 14.8. The largest absolute Gasteiger partial charge is 0.342 e. The van der Waals surface area contributed by atoms with Crippen molar-refractivity contribution >= 4 is 5.91 Å². The van der Waals surface area contributed by atoms with E-state index >= 15 is 0 Å². The van der Waals surface area contributed by atoms with Gasteiger partial charge in [-0.3, -0.25) is 14.9 Å². The number of hydrogen-bond donors (Lipinski definition) is 2. The molecule has 1 aliphatic carbocycles. The molecule has 0 fully saturated rings. The van der Waals surface area contributed by atoms with Crippen LogP contribution in [0, 0.1) is 6.92 Å². The van der Waals surface area contributed by atoms with E-state index in [1.807, 2.05) is 18.2 Å². The fourth-order valence-corrected chi connectivity index (χ4v) is 3.51. The van der Waals surface area contributed by atoms with Crippen molar-refractivity contribution in [2.45, 2.75) is 38.6 Å². The van der Waals surface area contributed by atoms with E-state index in [0.717, 1.165) is 36.2 Å². The van der Waals surface area contributed by atoms with Crippen molar-refractivity contribution < 1.29 is 4.79 Å². The third-order valence-corrected chi connectivity index (χ3v) is 4.93. The first-order chi connectivity index (χ1) is 12.7. The van der Waals surface area contributed by atoms with Crippen LogP contribution in [0.1, 0.15) is 51.0 Å². The standard InChI is InChI=1S/C21H22N4O/c1-14-8-10-15(11-9-14)13-19(18-6-2-3-12-22-18)23-21(26)20-16-5-4-7-17(16)24-25-20/h2-3,6,8-12,19H,4-5,7,13H2,1H3,(H,23,26)(H,24,25). The van der Waals surface area contributed by atoms with Gasteiger partial charge >= 0.3 is 0 Å². The van der Waals surface area contributed by atoms with Crippen LogP contribution in [0.2, 0.25) is 0 Å². The first kappa shape index (κ1) is 16.5. The maximum Gasteiger partial charge on any atom is 0.272 e. The Hall–Kier alpha value is -2.95. The molecule has 3 aromatic rings. The molecule has 0 radical (unpaired) electrons. The fraction of sp³-hybridized carbons (Fsp3) is 0.286. The molecule has 1 atom stereocenters. The summed E-state index contributed by atoms with van der Waals surface area (Å²) in [5.41, 5.74) is 5.94. The molecule has 5 nitrogen and oxygen atoms in total. The van der Waals surface area contributed by atoms with Gasteiger partial charge in [0.15, 0.2) is 5.69 Å². The highest BCUT2D eigenvalue weighted by Gasteiger charge is 2.25. The van der Waals surface area contributed by atoms with Gasteiger partial charge in [0, 0.05) is 17.5 Å². The summed E-state index contributed by atoms with van der Waals surface area (Å²) < 4.78 is 0. The molecule has 0 spiro atoms. The van der Waals surface area contributed by atoms with Crippen LogP contribution in [0.25, 0.3) is 0 Å². The van der Waals surface area contributed by atoms with Gasteiger partial charge in [-0.15, -0.1) is 0 Å². The van der Waals surface area contributed by atoms with Gasteiger partial charge in [-0.1, -0.05) is 35.9 Å². The number of aryl methyl sites for hydroxylation is 2. The highest BCUT2D eigenvalue weighted by atomic mass is 16.2. The molecule has 0 aliphatic heterocycles. The van der Waals surface area contributed by atoms with Crippen LogP contribution in [0.5, 0.6) is 0 Å². The van der Waals surface area contributed by atoms with Crippen molar-refractivity contribution in [1.29, 1.82) is 0 Å². The van der Waals surface area contributed by atoms with Crippen LogP contribution in [0.15, 0.2) is 48.7 Å². The molecule has 5 heteroatoms. The monoisotopic (exact) mass is 346 g/mol. The summed E-state index contributed by atoms with van der Waals surface area (Å²) in [6, 6.07) is 14.0. The second-order valence-corrected chi connectivity index (χ2v) is 6.85. The zero-order chi connectivity index (χ0) is 17.9. The number of aromatic nitrogens is 3. The minimum Gasteiger partial charge on any atom is -0.342 e. The van der Waals surface area contributed by atoms with Gasteiger partial charge in [0.1, 0.15) is 0 Å². The van der Waals surface area contributed by atoms with E-state index in [1.165, 1.54) is 11.1 Å². The molecule has 2 N–H and O–H groups in total. The summed E-state index contributed by atoms with van der Waals surface area (Å²) >= 11 is 0. The zero-order valence-electron chi connectivity index (χ0n) is 14.8. The lowest BCUT2D eigenvalue weighted by Crippen LogP contribution is -2.31. The van der Waals surface area contributed by atoms with Gasteiger partial charge in [-0.25, -0.2) is 0 Å². The van der Waals surface area contributed by atoms with Crippen LogP contribution in [0.3, 0.4) is 0 Å². The average molecular weight is 346 g/mol. The van der Waals surface area contributed by atoms with Gasteiger partial charge in [0.25, 0.3) is 5.91 Å². The lowest BCUT2D eigenvalue weighted by Gasteiger charge is -2.18. The Morgan fingerprint density at radius 3 is 2.81 bits per heavy atom. The summed E-state index contributed by atoms with van der Waals surface area (Å²) in [6.45, 7) is 2.07. The van der Waals surface area contributed by atoms with Crippen molar-refractivity contribution in [3.05, 3.63) is 82.4 Å². The van der Waals surface area contributed by atoms with Crippen LogP contribution in [-0.2, 0) is 19.3 Å². The fourth-order valence-electron chi connectivity index (χ4n) is 3.51. The van der Waals surface area contributed by atoms with Crippen LogP contribution in [-0.4, -0.2) is 21.1 Å². The second-order valence-electron chi connectivity index (χ2n) is 6.85. The topological polar surface area (TPSA) is 70.7 Å². The number of fused-ring (bicyclic) bond motifs is 1. The third kappa shape index (κ3) is 3.38. The number of carbonyl (C=O) groups is 1. The first-order valence-corrected chi connectivity index (χ1v) is 9.04. The molecule has 2 heterocycles. The summed E-state index contributed by atoms with van der Waals surface area (Å²) in [5.74, 6) is -0.132. The minimum atomic E-state index is -0.194. The Morgan fingerprint density at radius 2 is 2.04 bits per heavy atom. The maximum absolute atomic E-state index is 12.9. The SMILES string of the molecule is Cc1ccc(CC(NC(=O)c2n[nH]c3c2CCC3)c2ccccn2)cc1. The van der Waals surface area contributed by atoms with E-state index < -0.39 is 0 Å². The molecule has 26 heavy (non-hydrogen) atoms. The molecule has 132 valence electrons. The van der Waals surface area contributed by atoms with E-state index in [-0.39, 0.29) is 11.9 Å². The van der Waals surface area contributed by atoms with Gasteiger partial charge < -0.3 is 5.32 Å². The van der Waals surface area contributed by atoms with Crippen molar-refractivity contribution in [2.24, 2.45) is 0 Å². The van der Waals surface area contributed by atoms with Crippen LogP contribution >= 0.6 is 0 Å². The number of H-pyrrole nitrogens is 1. The molecule has 0 bridgehead atoms. The second kappa shape index (κ2) is 7.12. The highest BCUT2D eigenvalue weighted by Crippen LogP contribution is 2.24. The molecular weight excluding hydrogens is 324 g/mol. The van der Waals surface area contributed by atoms with E-state index in [4.69, 9.17) is 0 Å². The minimum absolute atomic E-state index is 0.132. The van der Waals surface area contributed by atoms with Crippen molar-refractivity contribution in [3.63, 3.8) is 0 Å². The quantitative estimate of drug-likeness (QED) is 0.744. The Bertz CT molecular complexity index is 900. The molecule has 0 saturated heterocycles. The van der Waals surface area contributed by atoms with Crippen molar-refractivity contribution in [1.82, 2.24) is 20.5 Å². The smallest absolute Gasteiger partial charge is 0.272 e. The number of rotatable bonds is 5. The number of nitrogens with one attached hydrogen (secondary N) is 2. The Labute approximate surface area is 152 Å². The average Bonchev–Trinajstić information content (AvgIpc) is 3.27.